The van der Waals surface area contributed by atoms with Crippen LogP contribution in [-0.4, -0.2) is 41.4 Å². The van der Waals surface area contributed by atoms with E-state index < -0.39 is 0 Å². The molecule has 7 nitrogen and oxygen atoms in total. The molecule has 3 aromatic rings. The minimum absolute atomic E-state index is 0. The number of carbonyl (C=O) groups excluding carboxylic acids is 2. The standard InChI is InChI=1S/C21H23N5O2.2ClH/c27-20(23-9-7-14-6-8-22-12-14)15-2-1-3-17(10-15)26-21(28)16-4-5-18-19(11-16)25-13-24-18;;/h1-5,10-11,13-14,22H,6-9,12H2,(H,23,27)(H,24,25)(H,26,28);2*1H. The fourth-order valence-electron chi connectivity index (χ4n) is 3.47. The van der Waals surface area contributed by atoms with Gasteiger partial charge < -0.3 is 20.9 Å². The molecule has 0 bridgehead atoms. The molecule has 0 radical (unpaired) electrons. The van der Waals surface area contributed by atoms with Crippen LogP contribution in [0.5, 0.6) is 0 Å². The fourth-order valence-corrected chi connectivity index (χ4v) is 3.47. The van der Waals surface area contributed by atoms with Gasteiger partial charge in [0, 0.05) is 23.4 Å². The normalized spacial score (nSPS) is 15.1. The third-order valence-electron chi connectivity index (χ3n) is 5.07. The molecule has 160 valence electrons. The summed E-state index contributed by atoms with van der Waals surface area (Å²) in [6.07, 6.45) is 3.74. The van der Waals surface area contributed by atoms with Gasteiger partial charge in [0.2, 0.25) is 0 Å². The highest BCUT2D eigenvalue weighted by Crippen LogP contribution is 2.16. The molecule has 1 fully saturated rings. The van der Waals surface area contributed by atoms with Crippen LogP contribution in [0.1, 0.15) is 33.6 Å². The van der Waals surface area contributed by atoms with Crippen LogP contribution in [0.2, 0.25) is 0 Å². The van der Waals surface area contributed by atoms with Crippen LogP contribution in [0.25, 0.3) is 11.0 Å². The van der Waals surface area contributed by atoms with Crippen LogP contribution < -0.4 is 16.0 Å². The summed E-state index contributed by atoms with van der Waals surface area (Å²) in [6, 6.07) is 12.3. The number of rotatable bonds is 6. The molecule has 2 heterocycles. The van der Waals surface area contributed by atoms with Crippen molar-refractivity contribution in [3.63, 3.8) is 0 Å². The van der Waals surface area contributed by atoms with Crippen molar-refractivity contribution in [1.29, 1.82) is 0 Å². The Kier molecular flexibility index (Phi) is 8.65. The third kappa shape index (κ3) is 5.72. The van der Waals surface area contributed by atoms with Crippen molar-refractivity contribution in [2.75, 3.05) is 25.0 Å². The van der Waals surface area contributed by atoms with Crippen LogP contribution in [0, 0.1) is 5.92 Å². The van der Waals surface area contributed by atoms with Gasteiger partial charge in [-0.05, 0) is 68.2 Å². The number of carbonyl (C=O) groups is 2. The monoisotopic (exact) mass is 449 g/mol. The molecule has 1 aliphatic heterocycles. The Morgan fingerprint density at radius 1 is 1.07 bits per heavy atom. The predicted octanol–water partition coefficient (Wildman–Crippen LogP) is 3.39. The van der Waals surface area contributed by atoms with Crippen molar-refractivity contribution < 1.29 is 9.59 Å². The van der Waals surface area contributed by atoms with Crippen molar-refractivity contribution in [3.8, 4) is 0 Å². The number of nitrogens with one attached hydrogen (secondary N) is 4. The first-order chi connectivity index (χ1) is 13.7. The molecular weight excluding hydrogens is 425 g/mol. The number of amides is 2. The summed E-state index contributed by atoms with van der Waals surface area (Å²) < 4.78 is 0. The second-order valence-electron chi connectivity index (χ2n) is 7.07. The number of halogens is 2. The number of nitrogens with zero attached hydrogens (tertiary/aromatic N) is 1. The first-order valence-electron chi connectivity index (χ1n) is 9.52. The number of fused-ring (bicyclic) bond motifs is 1. The lowest BCUT2D eigenvalue weighted by atomic mass is 10.1. The third-order valence-corrected chi connectivity index (χ3v) is 5.07. The van der Waals surface area contributed by atoms with Crippen molar-refractivity contribution in [3.05, 3.63) is 59.9 Å². The van der Waals surface area contributed by atoms with E-state index in [1.165, 1.54) is 6.42 Å². The van der Waals surface area contributed by atoms with Crippen LogP contribution in [0.4, 0.5) is 5.69 Å². The van der Waals surface area contributed by atoms with E-state index in [0.717, 1.165) is 30.5 Å². The second-order valence-corrected chi connectivity index (χ2v) is 7.07. The van der Waals surface area contributed by atoms with Gasteiger partial charge in [-0.3, -0.25) is 9.59 Å². The van der Waals surface area contributed by atoms with E-state index in [0.29, 0.717) is 29.3 Å². The fraction of sp³-hybridized carbons (Fsp3) is 0.286. The number of anilines is 1. The maximum atomic E-state index is 12.5. The van der Waals surface area contributed by atoms with Gasteiger partial charge in [-0.25, -0.2) is 4.98 Å². The van der Waals surface area contributed by atoms with E-state index in [-0.39, 0.29) is 36.6 Å². The number of aromatic nitrogens is 2. The first-order valence-corrected chi connectivity index (χ1v) is 9.52. The molecule has 30 heavy (non-hydrogen) atoms. The minimum Gasteiger partial charge on any atom is -0.352 e. The molecule has 1 unspecified atom stereocenters. The van der Waals surface area contributed by atoms with E-state index >= 15 is 0 Å². The lowest BCUT2D eigenvalue weighted by Gasteiger charge is -2.10. The van der Waals surface area contributed by atoms with Gasteiger partial charge in [0.15, 0.2) is 0 Å². The van der Waals surface area contributed by atoms with E-state index in [1.807, 2.05) is 0 Å². The van der Waals surface area contributed by atoms with Gasteiger partial charge in [0.05, 0.1) is 17.4 Å². The number of aromatic amines is 1. The van der Waals surface area contributed by atoms with Crippen molar-refractivity contribution in [2.24, 2.45) is 5.92 Å². The van der Waals surface area contributed by atoms with E-state index in [2.05, 4.69) is 25.9 Å². The Hall–Kier alpha value is -2.61. The number of benzene rings is 2. The first kappa shape index (κ1) is 23.7. The largest absolute Gasteiger partial charge is 0.352 e. The van der Waals surface area contributed by atoms with Crippen LogP contribution in [-0.2, 0) is 0 Å². The Labute approximate surface area is 187 Å². The Morgan fingerprint density at radius 3 is 2.70 bits per heavy atom. The van der Waals surface area contributed by atoms with Gasteiger partial charge in [-0.2, -0.15) is 0 Å². The quantitative estimate of drug-likeness (QED) is 0.463. The van der Waals surface area contributed by atoms with Crippen LogP contribution in [0.3, 0.4) is 0 Å². The van der Waals surface area contributed by atoms with Crippen molar-refractivity contribution >= 4 is 53.3 Å². The predicted molar refractivity (Wildman–Crippen MR) is 123 cm³/mol. The SMILES string of the molecule is Cl.Cl.O=C(NCCC1CCNC1)c1cccc(NC(=O)c2ccc3nc[nH]c3c2)c1. The topological polar surface area (TPSA) is 98.9 Å². The Morgan fingerprint density at radius 2 is 1.90 bits per heavy atom. The molecule has 2 aromatic carbocycles. The van der Waals surface area contributed by atoms with Gasteiger partial charge in [0.25, 0.3) is 11.8 Å². The molecule has 9 heteroatoms. The summed E-state index contributed by atoms with van der Waals surface area (Å²) in [6.45, 7) is 2.75. The van der Waals surface area contributed by atoms with Gasteiger partial charge >= 0.3 is 0 Å². The lowest BCUT2D eigenvalue weighted by Crippen LogP contribution is -2.26. The smallest absolute Gasteiger partial charge is 0.255 e. The van der Waals surface area contributed by atoms with E-state index in [4.69, 9.17) is 0 Å². The highest BCUT2D eigenvalue weighted by Gasteiger charge is 2.15. The molecule has 2 amide bonds. The van der Waals surface area contributed by atoms with Crippen LogP contribution in [0.15, 0.2) is 48.8 Å². The summed E-state index contributed by atoms with van der Waals surface area (Å²) in [7, 11) is 0. The van der Waals surface area contributed by atoms with Gasteiger partial charge in [0.1, 0.15) is 0 Å². The maximum Gasteiger partial charge on any atom is 0.255 e. The molecule has 1 aliphatic rings. The number of hydrogen-bond acceptors (Lipinski definition) is 4. The highest BCUT2D eigenvalue weighted by molar-refractivity contribution is 6.06. The summed E-state index contributed by atoms with van der Waals surface area (Å²) in [5.74, 6) is 0.279. The maximum absolute atomic E-state index is 12.5. The summed E-state index contributed by atoms with van der Waals surface area (Å²) in [5, 5.41) is 9.15. The zero-order valence-corrected chi connectivity index (χ0v) is 17.9. The zero-order chi connectivity index (χ0) is 19.3. The molecule has 1 atom stereocenters. The summed E-state index contributed by atoms with van der Waals surface area (Å²) in [4.78, 5) is 32.1. The molecule has 0 aliphatic carbocycles. The number of imidazole rings is 1. The van der Waals surface area contributed by atoms with E-state index in [9.17, 15) is 9.59 Å². The Bertz CT molecular complexity index is 1000. The van der Waals surface area contributed by atoms with E-state index in [1.54, 1.807) is 48.8 Å². The zero-order valence-electron chi connectivity index (χ0n) is 16.3. The molecule has 1 aromatic heterocycles. The highest BCUT2D eigenvalue weighted by atomic mass is 35.5. The average molecular weight is 450 g/mol. The lowest BCUT2D eigenvalue weighted by molar-refractivity contribution is 0.0950. The molecule has 4 rings (SSSR count). The molecular formula is C21H25Cl2N5O2. The van der Waals surface area contributed by atoms with Gasteiger partial charge in [-0.1, -0.05) is 6.07 Å². The number of H-pyrrole nitrogens is 1. The molecule has 4 N–H and O–H groups in total. The van der Waals surface area contributed by atoms with Crippen molar-refractivity contribution in [2.45, 2.75) is 12.8 Å². The molecule has 0 spiro atoms. The Balaban J connectivity index is 0.00000160. The average Bonchev–Trinajstić information content (AvgIpc) is 3.39. The van der Waals surface area contributed by atoms with Crippen LogP contribution >= 0.6 is 24.8 Å². The second kappa shape index (κ2) is 11.0. The molecule has 1 saturated heterocycles. The summed E-state index contributed by atoms with van der Waals surface area (Å²) in [5.41, 5.74) is 3.26. The molecule has 0 saturated carbocycles. The summed E-state index contributed by atoms with van der Waals surface area (Å²) >= 11 is 0. The van der Waals surface area contributed by atoms with Gasteiger partial charge in [-0.15, -0.1) is 24.8 Å². The minimum atomic E-state index is -0.234. The number of hydrogen-bond donors (Lipinski definition) is 4. The van der Waals surface area contributed by atoms with Crippen molar-refractivity contribution in [1.82, 2.24) is 20.6 Å².